The normalized spacial score (nSPS) is 13.3. The molecule has 2 heterocycles. The van der Waals surface area contributed by atoms with Crippen LogP contribution >= 0.6 is 11.3 Å². The molecule has 1 aromatic carbocycles. The average molecular weight is 286 g/mol. The largest absolute Gasteiger partial charge is 0.362 e. The van der Waals surface area contributed by atoms with Gasteiger partial charge in [-0.3, -0.25) is 4.79 Å². The smallest absolute Gasteiger partial charge is 0.239 e. The maximum absolute atomic E-state index is 12.0. The fourth-order valence-electron chi connectivity index (χ4n) is 2.58. The van der Waals surface area contributed by atoms with E-state index >= 15 is 0 Å². The molecule has 0 spiro atoms. The van der Waals surface area contributed by atoms with Crippen molar-refractivity contribution in [1.29, 1.82) is 0 Å². The van der Waals surface area contributed by atoms with Crippen LogP contribution < -0.4 is 10.2 Å². The second-order valence-electron chi connectivity index (χ2n) is 4.98. The van der Waals surface area contributed by atoms with Crippen LogP contribution in [0.2, 0.25) is 0 Å². The minimum absolute atomic E-state index is 0.109. The molecule has 2 aromatic rings. The molecule has 4 heteroatoms. The van der Waals surface area contributed by atoms with Crippen molar-refractivity contribution < 1.29 is 4.79 Å². The molecule has 104 valence electrons. The summed E-state index contributed by atoms with van der Waals surface area (Å²) >= 11 is 1.74. The standard InChI is InChI=1S/C16H18N2OS/c19-16(17-9-7-14-5-3-11-20-14)12-18-10-8-13-4-1-2-6-15(13)18/h1-6,11H,7-10,12H2,(H,17,19). The van der Waals surface area contributed by atoms with Crippen LogP contribution in [-0.2, 0) is 17.6 Å². The van der Waals surface area contributed by atoms with Gasteiger partial charge >= 0.3 is 0 Å². The van der Waals surface area contributed by atoms with Gasteiger partial charge in [-0.25, -0.2) is 0 Å². The molecule has 0 aliphatic carbocycles. The number of para-hydroxylation sites is 1. The van der Waals surface area contributed by atoms with E-state index in [-0.39, 0.29) is 5.91 Å². The SMILES string of the molecule is O=C(CN1CCc2ccccc21)NCCc1cccs1. The van der Waals surface area contributed by atoms with Crippen LogP contribution in [-0.4, -0.2) is 25.5 Å². The van der Waals surface area contributed by atoms with Gasteiger partial charge in [0, 0.05) is 23.7 Å². The van der Waals surface area contributed by atoms with Gasteiger partial charge in [0.25, 0.3) is 0 Å². The van der Waals surface area contributed by atoms with Crippen molar-refractivity contribution in [3.8, 4) is 0 Å². The molecule has 1 aromatic heterocycles. The highest BCUT2D eigenvalue weighted by molar-refractivity contribution is 7.09. The summed E-state index contributed by atoms with van der Waals surface area (Å²) in [7, 11) is 0. The van der Waals surface area contributed by atoms with Crippen LogP contribution in [0.1, 0.15) is 10.4 Å². The lowest BCUT2D eigenvalue weighted by molar-refractivity contribution is -0.119. The predicted octanol–water partition coefficient (Wildman–Crippen LogP) is 2.47. The Labute approximate surface area is 123 Å². The molecule has 0 saturated carbocycles. The molecule has 0 radical (unpaired) electrons. The first-order valence-electron chi connectivity index (χ1n) is 6.95. The van der Waals surface area contributed by atoms with E-state index < -0.39 is 0 Å². The van der Waals surface area contributed by atoms with Gasteiger partial charge in [0.05, 0.1) is 6.54 Å². The predicted molar refractivity (Wildman–Crippen MR) is 83.4 cm³/mol. The highest BCUT2D eigenvalue weighted by Gasteiger charge is 2.20. The number of nitrogens with one attached hydrogen (secondary N) is 1. The Hall–Kier alpha value is -1.81. The number of thiophene rings is 1. The monoisotopic (exact) mass is 286 g/mol. The quantitative estimate of drug-likeness (QED) is 0.916. The van der Waals surface area contributed by atoms with E-state index in [0.29, 0.717) is 6.54 Å². The topological polar surface area (TPSA) is 32.3 Å². The number of hydrogen-bond acceptors (Lipinski definition) is 3. The van der Waals surface area contributed by atoms with Gasteiger partial charge < -0.3 is 10.2 Å². The first-order chi connectivity index (χ1) is 9.83. The van der Waals surface area contributed by atoms with Gasteiger partial charge in [0.15, 0.2) is 0 Å². The number of fused-ring (bicyclic) bond motifs is 1. The summed E-state index contributed by atoms with van der Waals surface area (Å²) in [6.07, 6.45) is 1.96. The van der Waals surface area contributed by atoms with Gasteiger partial charge in [-0.2, -0.15) is 0 Å². The van der Waals surface area contributed by atoms with Gasteiger partial charge in [-0.15, -0.1) is 11.3 Å². The molecule has 3 nitrogen and oxygen atoms in total. The van der Waals surface area contributed by atoms with Crippen molar-refractivity contribution in [3.05, 3.63) is 52.2 Å². The third kappa shape index (κ3) is 3.02. The second-order valence-corrected chi connectivity index (χ2v) is 6.01. The third-order valence-corrected chi connectivity index (χ3v) is 4.53. The Morgan fingerprint density at radius 2 is 2.15 bits per heavy atom. The summed E-state index contributed by atoms with van der Waals surface area (Å²) in [5.74, 6) is 0.109. The summed E-state index contributed by atoms with van der Waals surface area (Å²) in [5, 5.41) is 5.07. The molecule has 3 rings (SSSR count). The number of carbonyl (C=O) groups excluding carboxylic acids is 1. The van der Waals surface area contributed by atoms with Crippen LogP contribution in [0.15, 0.2) is 41.8 Å². The van der Waals surface area contributed by atoms with E-state index in [9.17, 15) is 4.79 Å². The van der Waals surface area contributed by atoms with Gasteiger partial charge in [0.1, 0.15) is 0 Å². The van der Waals surface area contributed by atoms with Gasteiger partial charge in [-0.1, -0.05) is 24.3 Å². The molecule has 1 aliphatic rings. The zero-order valence-corrected chi connectivity index (χ0v) is 12.2. The highest BCUT2D eigenvalue weighted by Crippen LogP contribution is 2.26. The molecule has 0 bridgehead atoms. The fraction of sp³-hybridized carbons (Fsp3) is 0.312. The van der Waals surface area contributed by atoms with Crippen molar-refractivity contribution in [3.63, 3.8) is 0 Å². The average Bonchev–Trinajstić information content (AvgIpc) is 3.09. The van der Waals surface area contributed by atoms with E-state index in [0.717, 1.165) is 25.9 Å². The number of carbonyl (C=O) groups is 1. The number of hydrogen-bond donors (Lipinski definition) is 1. The Morgan fingerprint density at radius 1 is 1.25 bits per heavy atom. The summed E-state index contributed by atoms with van der Waals surface area (Å²) in [4.78, 5) is 15.5. The van der Waals surface area contributed by atoms with Crippen molar-refractivity contribution >= 4 is 22.9 Å². The van der Waals surface area contributed by atoms with Crippen molar-refractivity contribution in [2.24, 2.45) is 0 Å². The molecule has 0 unspecified atom stereocenters. The molecular weight excluding hydrogens is 268 g/mol. The minimum Gasteiger partial charge on any atom is -0.362 e. The highest BCUT2D eigenvalue weighted by atomic mass is 32.1. The Bertz CT molecular complexity index is 580. The van der Waals surface area contributed by atoms with E-state index in [1.54, 1.807) is 11.3 Å². The molecule has 0 saturated heterocycles. The van der Waals surface area contributed by atoms with Crippen LogP contribution in [0.25, 0.3) is 0 Å². The van der Waals surface area contributed by atoms with E-state index in [2.05, 4.69) is 39.9 Å². The Morgan fingerprint density at radius 3 is 3.00 bits per heavy atom. The first-order valence-corrected chi connectivity index (χ1v) is 7.83. The maximum atomic E-state index is 12.0. The fourth-order valence-corrected chi connectivity index (χ4v) is 3.29. The molecule has 1 amide bonds. The zero-order chi connectivity index (χ0) is 13.8. The lowest BCUT2D eigenvalue weighted by Gasteiger charge is -2.18. The van der Waals surface area contributed by atoms with Gasteiger partial charge in [0.2, 0.25) is 5.91 Å². The van der Waals surface area contributed by atoms with Crippen molar-refractivity contribution in [2.45, 2.75) is 12.8 Å². The molecule has 0 fully saturated rings. The number of amides is 1. The first kappa shape index (κ1) is 13.2. The van der Waals surface area contributed by atoms with Crippen molar-refractivity contribution in [2.75, 3.05) is 24.5 Å². The van der Waals surface area contributed by atoms with Crippen LogP contribution in [0.4, 0.5) is 5.69 Å². The summed E-state index contributed by atoms with van der Waals surface area (Å²) in [6.45, 7) is 2.12. The van der Waals surface area contributed by atoms with Crippen LogP contribution in [0, 0.1) is 0 Å². The number of rotatable bonds is 5. The molecule has 20 heavy (non-hydrogen) atoms. The summed E-state index contributed by atoms with van der Waals surface area (Å²) in [5.41, 5.74) is 2.56. The summed E-state index contributed by atoms with van der Waals surface area (Å²) in [6, 6.07) is 12.5. The zero-order valence-electron chi connectivity index (χ0n) is 11.3. The van der Waals surface area contributed by atoms with Gasteiger partial charge in [-0.05, 0) is 35.9 Å². The lowest BCUT2D eigenvalue weighted by Crippen LogP contribution is -2.37. The number of nitrogens with zero attached hydrogens (tertiary/aromatic N) is 1. The number of benzene rings is 1. The van der Waals surface area contributed by atoms with E-state index in [4.69, 9.17) is 0 Å². The lowest BCUT2D eigenvalue weighted by atomic mass is 10.2. The van der Waals surface area contributed by atoms with Crippen LogP contribution in [0.5, 0.6) is 0 Å². The Balaban J connectivity index is 1.48. The van der Waals surface area contributed by atoms with E-state index in [1.165, 1.54) is 16.1 Å². The van der Waals surface area contributed by atoms with Crippen molar-refractivity contribution in [1.82, 2.24) is 5.32 Å². The molecule has 0 atom stereocenters. The minimum atomic E-state index is 0.109. The van der Waals surface area contributed by atoms with E-state index in [1.807, 2.05) is 12.1 Å². The second kappa shape index (κ2) is 6.09. The molecule has 1 N–H and O–H groups in total. The summed E-state index contributed by atoms with van der Waals surface area (Å²) < 4.78 is 0. The molecule has 1 aliphatic heterocycles. The third-order valence-electron chi connectivity index (χ3n) is 3.59. The maximum Gasteiger partial charge on any atom is 0.239 e. The molecular formula is C16H18N2OS. The Kier molecular flexibility index (Phi) is 4.02. The number of anilines is 1. The van der Waals surface area contributed by atoms with Crippen LogP contribution in [0.3, 0.4) is 0 Å².